The van der Waals surface area contributed by atoms with Gasteiger partial charge in [-0.3, -0.25) is 9.89 Å². The van der Waals surface area contributed by atoms with E-state index < -0.39 is 16.1 Å². The SMILES string of the molecule is Cc1n[nH]c(C)c1S(=O)(=O)N[C@@H](C(=O)N1CCCCC1)C(C)C. The minimum absolute atomic E-state index is 0.133. The molecule has 2 N–H and O–H groups in total. The summed E-state index contributed by atoms with van der Waals surface area (Å²) in [5.41, 5.74) is 0.880. The Morgan fingerprint density at radius 2 is 1.83 bits per heavy atom. The van der Waals surface area contributed by atoms with Crippen LogP contribution in [0.15, 0.2) is 4.90 Å². The van der Waals surface area contributed by atoms with Crippen LogP contribution < -0.4 is 4.72 Å². The topological polar surface area (TPSA) is 95.2 Å². The predicted molar refractivity (Wildman–Crippen MR) is 87.4 cm³/mol. The Hall–Kier alpha value is -1.41. The highest BCUT2D eigenvalue weighted by Crippen LogP contribution is 2.19. The van der Waals surface area contributed by atoms with Gasteiger partial charge in [-0.1, -0.05) is 13.8 Å². The first-order valence-corrected chi connectivity index (χ1v) is 9.55. The van der Waals surface area contributed by atoms with Crippen molar-refractivity contribution < 1.29 is 13.2 Å². The molecule has 1 aromatic rings. The smallest absolute Gasteiger partial charge is 0.244 e. The van der Waals surface area contributed by atoms with E-state index >= 15 is 0 Å². The van der Waals surface area contributed by atoms with E-state index in [4.69, 9.17) is 0 Å². The number of hydrogen-bond donors (Lipinski definition) is 2. The van der Waals surface area contributed by atoms with Crippen LogP contribution in [-0.4, -0.2) is 48.6 Å². The van der Waals surface area contributed by atoms with Crippen LogP contribution in [0.3, 0.4) is 0 Å². The van der Waals surface area contributed by atoms with Crippen molar-refractivity contribution in [1.29, 1.82) is 0 Å². The number of sulfonamides is 1. The Labute approximate surface area is 137 Å². The molecule has 1 fully saturated rings. The first kappa shape index (κ1) is 17.9. The van der Waals surface area contributed by atoms with Gasteiger partial charge in [0.1, 0.15) is 10.9 Å². The quantitative estimate of drug-likeness (QED) is 0.844. The molecular formula is C15H26N4O3S. The lowest BCUT2D eigenvalue weighted by Gasteiger charge is -2.32. The Balaban J connectivity index is 2.23. The van der Waals surface area contributed by atoms with E-state index in [1.807, 2.05) is 13.8 Å². The van der Waals surface area contributed by atoms with Crippen molar-refractivity contribution in [3.63, 3.8) is 0 Å². The second-order valence-electron chi connectivity index (χ2n) is 6.49. The number of rotatable bonds is 5. The molecule has 1 aliphatic rings. The van der Waals surface area contributed by atoms with Crippen LogP contribution in [0.2, 0.25) is 0 Å². The molecule has 0 unspecified atom stereocenters. The zero-order valence-electron chi connectivity index (χ0n) is 14.2. The molecule has 1 aromatic heterocycles. The maximum Gasteiger partial charge on any atom is 0.244 e. The summed E-state index contributed by atoms with van der Waals surface area (Å²) in [5, 5.41) is 6.60. The number of likely N-dealkylation sites (tertiary alicyclic amines) is 1. The molecule has 1 saturated heterocycles. The maximum absolute atomic E-state index is 12.7. The number of aryl methyl sites for hydroxylation is 2. The van der Waals surface area contributed by atoms with E-state index in [-0.39, 0.29) is 16.7 Å². The summed E-state index contributed by atoms with van der Waals surface area (Å²) in [6.07, 6.45) is 3.07. The highest BCUT2D eigenvalue weighted by atomic mass is 32.2. The minimum Gasteiger partial charge on any atom is -0.341 e. The van der Waals surface area contributed by atoms with Crippen LogP contribution in [0, 0.1) is 19.8 Å². The first-order chi connectivity index (χ1) is 10.7. The molecule has 2 rings (SSSR count). The lowest BCUT2D eigenvalue weighted by atomic mass is 10.0. The number of piperidine rings is 1. The number of amides is 1. The number of hydrogen-bond acceptors (Lipinski definition) is 4. The van der Waals surface area contributed by atoms with E-state index in [2.05, 4.69) is 14.9 Å². The highest BCUT2D eigenvalue weighted by Gasteiger charge is 2.33. The molecule has 7 nitrogen and oxygen atoms in total. The lowest BCUT2D eigenvalue weighted by molar-refractivity contribution is -0.134. The molecular weight excluding hydrogens is 316 g/mol. The van der Waals surface area contributed by atoms with Crippen LogP contribution in [0.5, 0.6) is 0 Å². The zero-order chi connectivity index (χ0) is 17.2. The van der Waals surface area contributed by atoms with Crippen molar-refractivity contribution in [2.45, 2.75) is 57.9 Å². The summed E-state index contributed by atoms with van der Waals surface area (Å²) in [6, 6.07) is -0.758. The van der Waals surface area contributed by atoms with Crippen LogP contribution in [0.4, 0.5) is 0 Å². The number of carbonyl (C=O) groups excluding carboxylic acids is 1. The molecule has 0 aromatic carbocycles. The van der Waals surface area contributed by atoms with Gasteiger partial charge in [0, 0.05) is 13.1 Å². The molecule has 1 aliphatic heterocycles. The van der Waals surface area contributed by atoms with Crippen molar-refractivity contribution in [1.82, 2.24) is 19.8 Å². The van der Waals surface area contributed by atoms with Gasteiger partial charge in [-0.25, -0.2) is 8.42 Å². The molecule has 0 saturated carbocycles. The number of H-pyrrole nitrogens is 1. The van der Waals surface area contributed by atoms with Crippen LogP contribution in [-0.2, 0) is 14.8 Å². The summed E-state index contributed by atoms with van der Waals surface area (Å²) < 4.78 is 28.0. The maximum atomic E-state index is 12.7. The average Bonchev–Trinajstić information content (AvgIpc) is 2.84. The fraction of sp³-hybridized carbons (Fsp3) is 0.733. The fourth-order valence-corrected chi connectivity index (χ4v) is 4.65. The Bertz CT molecular complexity index is 641. The van der Waals surface area contributed by atoms with Gasteiger partial charge in [0.05, 0.1) is 11.4 Å². The van der Waals surface area contributed by atoms with Gasteiger partial charge in [0.2, 0.25) is 15.9 Å². The molecule has 8 heteroatoms. The van der Waals surface area contributed by atoms with Crippen molar-refractivity contribution in [3.8, 4) is 0 Å². The monoisotopic (exact) mass is 342 g/mol. The number of aromatic nitrogens is 2. The van der Waals surface area contributed by atoms with Crippen molar-refractivity contribution >= 4 is 15.9 Å². The van der Waals surface area contributed by atoms with E-state index in [1.165, 1.54) is 0 Å². The number of nitrogens with one attached hydrogen (secondary N) is 2. The van der Waals surface area contributed by atoms with E-state index in [1.54, 1.807) is 18.7 Å². The van der Waals surface area contributed by atoms with Gasteiger partial charge < -0.3 is 4.90 Å². The van der Waals surface area contributed by atoms with E-state index in [0.29, 0.717) is 24.5 Å². The van der Waals surface area contributed by atoms with Crippen LogP contribution in [0.1, 0.15) is 44.5 Å². The van der Waals surface area contributed by atoms with E-state index in [9.17, 15) is 13.2 Å². The minimum atomic E-state index is -3.80. The Kier molecular flexibility index (Phi) is 5.46. The van der Waals surface area contributed by atoms with E-state index in [0.717, 1.165) is 19.3 Å². The van der Waals surface area contributed by atoms with Gasteiger partial charge in [0.25, 0.3) is 0 Å². The molecule has 1 atom stereocenters. The van der Waals surface area contributed by atoms with Crippen LogP contribution in [0.25, 0.3) is 0 Å². The Morgan fingerprint density at radius 3 is 2.30 bits per heavy atom. The fourth-order valence-electron chi connectivity index (χ4n) is 2.95. The standard InChI is InChI=1S/C15H26N4O3S/c1-10(2)13(15(20)19-8-6-5-7-9-19)18-23(21,22)14-11(3)16-17-12(14)4/h10,13,18H,5-9H2,1-4H3,(H,16,17)/t13-/m1/s1. The van der Waals surface area contributed by atoms with Crippen molar-refractivity contribution in [3.05, 3.63) is 11.4 Å². The summed E-state index contributed by atoms with van der Waals surface area (Å²) >= 11 is 0. The lowest BCUT2D eigenvalue weighted by Crippen LogP contribution is -2.52. The molecule has 0 spiro atoms. The van der Waals surface area contributed by atoms with Crippen LogP contribution >= 0.6 is 0 Å². The van der Waals surface area contributed by atoms with Crippen molar-refractivity contribution in [2.24, 2.45) is 5.92 Å². The summed E-state index contributed by atoms with van der Waals surface area (Å²) in [6.45, 7) is 8.40. The average molecular weight is 342 g/mol. The second-order valence-corrected chi connectivity index (χ2v) is 8.14. The molecule has 130 valence electrons. The van der Waals surface area contributed by atoms with Gasteiger partial charge in [-0.15, -0.1) is 0 Å². The highest BCUT2D eigenvalue weighted by molar-refractivity contribution is 7.89. The van der Waals surface area contributed by atoms with Gasteiger partial charge in [-0.05, 0) is 39.0 Å². The summed E-state index contributed by atoms with van der Waals surface area (Å²) in [4.78, 5) is 14.6. The first-order valence-electron chi connectivity index (χ1n) is 8.06. The largest absolute Gasteiger partial charge is 0.341 e. The molecule has 2 heterocycles. The molecule has 0 radical (unpaired) electrons. The summed E-state index contributed by atoms with van der Waals surface area (Å²) in [5.74, 6) is -0.270. The van der Waals surface area contributed by atoms with Gasteiger partial charge >= 0.3 is 0 Å². The predicted octanol–water partition coefficient (Wildman–Crippen LogP) is 1.34. The number of aromatic amines is 1. The number of carbonyl (C=O) groups is 1. The Morgan fingerprint density at radius 1 is 1.22 bits per heavy atom. The molecule has 23 heavy (non-hydrogen) atoms. The second kappa shape index (κ2) is 7.00. The van der Waals surface area contributed by atoms with Gasteiger partial charge in [-0.2, -0.15) is 9.82 Å². The molecule has 0 bridgehead atoms. The molecule has 0 aliphatic carbocycles. The third-order valence-corrected chi connectivity index (χ3v) is 5.92. The number of nitrogens with zero attached hydrogens (tertiary/aromatic N) is 2. The normalized spacial score (nSPS) is 17.5. The zero-order valence-corrected chi connectivity index (χ0v) is 15.0. The third-order valence-electron chi connectivity index (χ3n) is 4.21. The summed E-state index contributed by atoms with van der Waals surface area (Å²) in [7, 11) is -3.80. The third kappa shape index (κ3) is 3.92. The van der Waals surface area contributed by atoms with Gasteiger partial charge in [0.15, 0.2) is 0 Å². The van der Waals surface area contributed by atoms with Crippen molar-refractivity contribution in [2.75, 3.05) is 13.1 Å². The molecule has 1 amide bonds.